The monoisotopic (exact) mass is 253 g/mol. The van der Waals surface area contributed by atoms with E-state index in [4.69, 9.17) is 17.3 Å². The van der Waals surface area contributed by atoms with Crippen molar-refractivity contribution in [2.45, 2.75) is 25.3 Å². The van der Waals surface area contributed by atoms with Gasteiger partial charge in [0.2, 0.25) is 5.91 Å². The number of carbonyl (C=O) groups excluding carboxylic acids is 1. The molecule has 1 aromatic heterocycles. The van der Waals surface area contributed by atoms with Gasteiger partial charge in [-0.2, -0.15) is 0 Å². The number of hydrogen-bond donors (Lipinski definition) is 1. The molecule has 1 unspecified atom stereocenters. The number of primary amides is 1. The summed E-state index contributed by atoms with van der Waals surface area (Å²) in [7, 11) is 0. The number of amides is 1. The predicted octanol–water partition coefficient (Wildman–Crippen LogP) is 1.75. The Balaban J connectivity index is 2.21. The lowest BCUT2D eigenvalue weighted by Gasteiger charge is -2.32. The maximum Gasteiger partial charge on any atom is 0.239 e. The second kappa shape index (κ2) is 5.47. The average molecular weight is 254 g/mol. The molecule has 17 heavy (non-hydrogen) atoms. The summed E-state index contributed by atoms with van der Waals surface area (Å²) in [4.78, 5) is 17.7. The zero-order chi connectivity index (χ0) is 12.3. The van der Waals surface area contributed by atoms with Crippen LogP contribution in [0.4, 0.5) is 0 Å². The van der Waals surface area contributed by atoms with Crippen molar-refractivity contribution < 1.29 is 4.79 Å². The molecular formula is C12H16ClN3O. The minimum Gasteiger partial charge on any atom is -0.368 e. The van der Waals surface area contributed by atoms with Crippen LogP contribution in [0.3, 0.4) is 0 Å². The largest absolute Gasteiger partial charge is 0.368 e. The molecule has 5 heteroatoms. The molecule has 1 atom stereocenters. The van der Waals surface area contributed by atoms with Crippen molar-refractivity contribution >= 4 is 17.5 Å². The van der Waals surface area contributed by atoms with Gasteiger partial charge in [0.15, 0.2) is 0 Å². The number of hydrogen-bond acceptors (Lipinski definition) is 3. The number of piperidine rings is 1. The summed E-state index contributed by atoms with van der Waals surface area (Å²) < 4.78 is 0. The van der Waals surface area contributed by atoms with E-state index >= 15 is 0 Å². The van der Waals surface area contributed by atoms with E-state index in [1.54, 1.807) is 12.3 Å². The SMILES string of the molecule is NC(=O)C(c1ccc(Cl)nc1)N1CCCCC1. The van der Waals surface area contributed by atoms with Crippen molar-refractivity contribution in [1.29, 1.82) is 0 Å². The number of pyridine rings is 1. The van der Waals surface area contributed by atoms with Crippen molar-refractivity contribution in [2.24, 2.45) is 5.73 Å². The fourth-order valence-electron chi connectivity index (χ4n) is 2.28. The maximum absolute atomic E-state index is 11.6. The summed E-state index contributed by atoms with van der Waals surface area (Å²) in [6.07, 6.45) is 5.09. The third-order valence-electron chi connectivity index (χ3n) is 3.09. The lowest BCUT2D eigenvalue weighted by molar-refractivity contribution is -0.123. The Morgan fingerprint density at radius 1 is 1.35 bits per heavy atom. The van der Waals surface area contributed by atoms with Crippen LogP contribution in [0.2, 0.25) is 5.15 Å². The number of rotatable bonds is 3. The lowest BCUT2D eigenvalue weighted by atomic mass is 10.0. The van der Waals surface area contributed by atoms with Crippen molar-refractivity contribution in [2.75, 3.05) is 13.1 Å². The van der Waals surface area contributed by atoms with Crippen LogP contribution in [0.5, 0.6) is 0 Å². The first-order chi connectivity index (χ1) is 8.18. The quantitative estimate of drug-likeness (QED) is 0.835. The number of carbonyl (C=O) groups is 1. The first kappa shape index (κ1) is 12.3. The second-order valence-corrected chi connectivity index (χ2v) is 4.70. The molecule has 1 aromatic rings. The van der Waals surface area contributed by atoms with Crippen molar-refractivity contribution in [3.63, 3.8) is 0 Å². The predicted molar refractivity (Wildman–Crippen MR) is 66.6 cm³/mol. The lowest BCUT2D eigenvalue weighted by Crippen LogP contribution is -2.40. The zero-order valence-electron chi connectivity index (χ0n) is 9.60. The van der Waals surface area contributed by atoms with Crippen molar-refractivity contribution in [3.8, 4) is 0 Å². The molecule has 0 radical (unpaired) electrons. The van der Waals surface area contributed by atoms with E-state index < -0.39 is 0 Å². The second-order valence-electron chi connectivity index (χ2n) is 4.32. The van der Waals surface area contributed by atoms with Gasteiger partial charge in [-0.1, -0.05) is 24.1 Å². The van der Waals surface area contributed by atoms with Crippen LogP contribution >= 0.6 is 11.6 Å². The van der Waals surface area contributed by atoms with Gasteiger partial charge in [0.1, 0.15) is 11.2 Å². The van der Waals surface area contributed by atoms with Crippen LogP contribution in [0.1, 0.15) is 30.9 Å². The number of nitrogens with zero attached hydrogens (tertiary/aromatic N) is 2. The number of aromatic nitrogens is 1. The Morgan fingerprint density at radius 3 is 2.59 bits per heavy atom. The van der Waals surface area contributed by atoms with Gasteiger partial charge in [-0.15, -0.1) is 0 Å². The molecule has 2 N–H and O–H groups in total. The van der Waals surface area contributed by atoms with Gasteiger partial charge < -0.3 is 5.73 Å². The molecule has 1 saturated heterocycles. The summed E-state index contributed by atoms with van der Waals surface area (Å²) in [6, 6.07) is 3.14. The molecule has 1 fully saturated rings. The standard InChI is InChI=1S/C12H16ClN3O/c13-10-5-4-9(8-15-10)11(12(14)17)16-6-2-1-3-7-16/h4-5,8,11H,1-3,6-7H2,(H2,14,17). The van der Waals surface area contributed by atoms with Crippen molar-refractivity contribution in [1.82, 2.24) is 9.88 Å². The summed E-state index contributed by atoms with van der Waals surface area (Å²) in [5, 5.41) is 0.426. The molecule has 1 aliphatic rings. The Morgan fingerprint density at radius 2 is 2.06 bits per heavy atom. The molecular weight excluding hydrogens is 238 g/mol. The molecule has 0 aromatic carbocycles. The number of halogens is 1. The maximum atomic E-state index is 11.6. The van der Waals surface area contributed by atoms with E-state index in [1.807, 2.05) is 6.07 Å². The molecule has 1 amide bonds. The van der Waals surface area contributed by atoms with Crippen LogP contribution in [-0.4, -0.2) is 28.9 Å². The molecule has 0 spiro atoms. The Kier molecular flexibility index (Phi) is 3.97. The van der Waals surface area contributed by atoms with Gasteiger partial charge in [0.05, 0.1) is 0 Å². The van der Waals surface area contributed by atoms with Crippen LogP contribution in [-0.2, 0) is 4.79 Å². The summed E-state index contributed by atoms with van der Waals surface area (Å²) in [5.41, 5.74) is 6.32. The smallest absolute Gasteiger partial charge is 0.239 e. The van der Waals surface area contributed by atoms with Crippen LogP contribution in [0.25, 0.3) is 0 Å². The first-order valence-electron chi connectivity index (χ1n) is 5.83. The highest BCUT2D eigenvalue weighted by atomic mass is 35.5. The average Bonchev–Trinajstić information content (AvgIpc) is 2.33. The number of nitrogens with two attached hydrogens (primary N) is 1. The minimum absolute atomic E-state index is 0.323. The van der Waals surface area contributed by atoms with Crippen LogP contribution in [0, 0.1) is 0 Å². The highest BCUT2D eigenvalue weighted by molar-refractivity contribution is 6.29. The van der Waals surface area contributed by atoms with E-state index in [1.165, 1.54) is 6.42 Å². The highest BCUT2D eigenvalue weighted by Gasteiger charge is 2.26. The molecule has 2 heterocycles. The fraction of sp³-hybridized carbons (Fsp3) is 0.500. The van der Waals surface area contributed by atoms with Gasteiger partial charge in [-0.05, 0) is 37.6 Å². The topological polar surface area (TPSA) is 59.2 Å². The summed E-state index contributed by atoms with van der Waals surface area (Å²) >= 11 is 5.74. The molecule has 4 nitrogen and oxygen atoms in total. The van der Waals surface area contributed by atoms with E-state index in [0.717, 1.165) is 31.5 Å². The summed E-state index contributed by atoms with van der Waals surface area (Å²) in [5.74, 6) is -0.323. The van der Waals surface area contributed by atoms with Crippen LogP contribution < -0.4 is 5.73 Å². The van der Waals surface area contributed by atoms with Crippen molar-refractivity contribution in [3.05, 3.63) is 29.0 Å². The van der Waals surface area contributed by atoms with Gasteiger partial charge >= 0.3 is 0 Å². The van der Waals surface area contributed by atoms with E-state index in [9.17, 15) is 4.79 Å². The van der Waals surface area contributed by atoms with Crippen LogP contribution in [0.15, 0.2) is 18.3 Å². The normalized spacial score (nSPS) is 18.9. The first-order valence-corrected chi connectivity index (χ1v) is 6.21. The third-order valence-corrected chi connectivity index (χ3v) is 3.31. The van der Waals surface area contributed by atoms with Gasteiger partial charge in [0, 0.05) is 6.20 Å². The summed E-state index contributed by atoms with van der Waals surface area (Å²) in [6.45, 7) is 1.83. The molecule has 0 aliphatic carbocycles. The van der Waals surface area contributed by atoms with Gasteiger partial charge in [-0.25, -0.2) is 4.98 Å². The Labute approximate surface area is 106 Å². The molecule has 92 valence electrons. The van der Waals surface area contributed by atoms with E-state index in [0.29, 0.717) is 5.15 Å². The fourth-order valence-corrected chi connectivity index (χ4v) is 2.39. The minimum atomic E-state index is -0.375. The van der Waals surface area contributed by atoms with E-state index in [-0.39, 0.29) is 11.9 Å². The number of likely N-dealkylation sites (tertiary alicyclic amines) is 1. The molecule has 0 saturated carbocycles. The van der Waals surface area contributed by atoms with E-state index in [2.05, 4.69) is 9.88 Å². The molecule has 2 rings (SSSR count). The third kappa shape index (κ3) is 2.96. The molecule has 0 bridgehead atoms. The van der Waals surface area contributed by atoms with Gasteiger partial charge in [0.25, 0.3) is 0 Å². The zero-order valence-corrected chi connectivity index (χ0v) is 10.4. The Hall–Kier alpha value is -1.13. The highest BCUT2D eigenvalue weighted by Crippen LogP contribution is 2.24. The molecule has 1 aliphatic heterocycles. The van der Waals surface area contributed by atoms with Gasteiger partial charge in [-0.3, -0.25) is 9.69 Å². The Bertz CT molecular complexity index is 387.